The number of anilines is 2. The molecular weight excluding hydrogens is 940 g/mol. The minimum atomic E-state index is -0.568. The van der Waals surface area contributed by atoms with Gasteiger partial charge in [-0.2, -0.15) is 15.1 Å². The fraction of sp³-hybridized carbons (Fsp3) is 0.446. The second kappa shape index (κ2) is 19.6. The van der Waals surface area contributed by atoms with Crippen LogP contribution in [0, 0.1) is 11.2 Å². The Kier molecular flexibility index (Phi) is 12.7. The van der Waals surface area contributed by atoms with E-state index in [1.807, 2.05) is 73.3 Å². The number of hydrogen-bond acceptors (Lipinski definition) is 14. The van der Waals surface area contributed by atoms with Crippen molar-refractivity contribution in [3.8, 4) is 34.3 Å². The van der Waals surface area contributed by atoms with Gasteiger partial charge in [0.1, 0.15) is 41.2 Å². The van der Waals surface area contributed by atoms with E-state index in [0.29, 0.717) is 60.7 Å². The normalized spacial score (nSPS) is 20.9. The standard InChI is InChI=1S/C56H63FN12O5/c1-4-35-7-5-8-38-25-41(70)26-43(49(35)38)51-50(57)52-44(29-58-51)53(67-30-39-14-15-40(31-67)61-39)63-55(62-52)73-24-23-66-21-17-56(18-22-66)32-68(33-56)47-27-42(74-64-47)28-48(71)69-20-6-9-46(69)54(72)60-34(2)36-10-12-37(13-11-36)45-16-19-59-65(45)3/h5,7-8,10-13,16,19,25-27,29,34,39-40,46,61,70H,4,6,9,14-15,17-18,20-24,28,30-33H2,1-3H3,(H,60,72). The van der Waals surface area contributed by atoms with Crippen LogP contribution in [0.25, 0.3) is 44.2 Å². The zero-order valence-electron chi connectivity index (χ0n) is 42.3. The number of aromatic hydroxyl groups is 1. The zero-order chi connectivity index (χ0) is 50.7. The first-order valence-electron chi connectivity index (χ1n) is 26.3. The molecule has 12 rings (SSSR count). The van der Waals surface area contributed by atoms with Crippen LogP contribution >= 0.6 is 0 Å². The molecule has 17 nitrogen and oxygen atoms in total. The summed E-state index contributed by atoms with van der Waals surface area (Å²) in [6.07, 6.45) is 9.82. The Morgan fingerprint density at radius 3 is 2.54 bits per heavy atom. The third kappa shape index (κ3) is 9.15. The molecule has 9 heterocycles. The first-order valence-corrected chi connectivity index (χ1v) is 26.3. The maximum atomic E-state index is 17.1. The highest BCUT2D eigenvalue weighted by Gasteiger charge is 2.46. The van der Waals surface area contributed by atoms with Crippen molar-refractivity contribution in [1.29, 1.82) is 0 Å². The fourth-order valence-corrected chi connectivity index (χ4v) is 12.3. The monoisotopic (exact) mass is 1000 g/mol. The first kappa shape index (κ1) is 47.8. The maximum Gasteiger partial charge on any atom is 0.319 e. The molecule has 384 valence electrons. The van der Waals surface area contributed by atoms with Gasteiger partial charge in [0.2, 0.25) is 11.8 Å². The average Bonchev–Trinajstić information content (AvgIpc) is 4.24. The lowest BCUT2D eigenvalue weighted by molar-refractivity contribution is -0.138. The number of fused-ring (bicyclic) bond motifs is 4. The number of hydrogen-bond donors (Lipinski definition) is 3. The number of likely N-dealkylation sites (tertiary alicyclic amines) is 2. The van der Waals surface area contributed by atoms with Crippen molar-refractivity contribution in [2.75, 3.05) is 68.8 Å². The number of ether oxygens (including phenoxy) is 1. The lowest BCUT2D eigenvalue weighted by Gasteiger charge is -2.54. The van der Waals surface area contributed by atoms with Crippen molar-refractivity contribution in [3.63, 3.8) is 0 Å². The summed E-state index contributed by atoms with van der Waals surface area (Å²) in [5, 5.41) is 28.4. The Labute approximate surface area is 429 Å². The molecule has 5 aliphatic heterocycles. The van der Waals surface area contributed by atoms with Crippen LogP contribution in [-0.4, -0.2) is 134 Å². The molecule has 5 fully saturated rings. The topological polar surface area (TPSA) is 183 Å². The van der Waals surface area contributed by atoms with Gasteiger partial charge in [-0.25, -0.2) is 4.39 Å². The second-order valence-corrected chi connectivity index (χ2v) is 21.2. The predicted molar refractivity (Wildman–Crippen MR) is 279 cm³/mol. The summed E-state index contributed by atoms with van der Waals surface area (Å²) in [5.74, 6) is 1.04. The van der Waals surface area contributed by atoms with Gasteiger partial charge in [-0.3, -0.25) is 24.2 Å². The van der Waals surface area contributed by atoms with Gasteiger partial charge >= 0.3 is 6.01 Å². The van der Waals surface area contributed by atoms with E-state index >= 15 is 4.39 Å². The summed E-state index contributed by atoms with van der Waals surface area (Å²) in [6, 6.07) is 21.2. The number of nitrogens with one attached hydrogen (secondary N) is 2. The van der Waals surface area contributed by atoms with E-state index in [0.717, 1.165) is 117 Å². The average molecular weight is 1000 g/mol. The van der Waals surface area contributed by atoms with Crippen LogP contribution in [0.1, 0.15) is 75.3 Å². The van der Waals surface area contributed by atoms with Crippen molar-refractivity contribution in [2.24, 2.45) is 12.5 Å². The van der Waals surface area contributed by atoms with Crippen molar-refractivity contribution < 1.29 is 28.3 Å². The van der Waals surface area contributed by atoms with Gasteiger partial charge in [0.15, 0.2) is 11.6 Å². The molecule has 0 saturated carbocycles. The summed E-state index contributed by atoms with van der Waals surface area (Å²) in [5.41, 5.74) is 5.06. The van der Waals surface area contributed by atoms with Crippen LogP contribution in [0.4, 0.5) is 16.0 Å². The number of piperidine rings is 1. The van der Waals surface area contributed by atoms with Gasteiger partial charge < -0.3 is 39.7 Å². The highest BCUT2D eigenvalue weighted by molar-refractivity contribution is 6.01. The lowest BCUT2D eigenvalue weighted by atomic mass is 9.72. The van der Waals surface area contributed by atoms with Crippen LogP contribution in [0.3, 0.4) is 0 Å². The Bertz CT molecular complexity index is 3220. The molecule has 1 spiro atoms. The number of aromatic nitrogens is 6. The predicted octanol–water partition coefficient (Wildman–Crippen LogP) is 6.97. The van der Waals surface area contributed by atoms with Gasteiger partial charge in [0, 0.05) is 87.8 Å². The van der Waals surface area contributed by atoms with Gasteiger partial charge in [-0.15, -0.1) is 0 Å². The number of halogens is 1. The number of phenolic OH excluding ortho intramolecular Hbond substituents is 1. The lowest BCUT2D eigenvalue weighted by Crippen LogP contribution is -2.60. The number of amides is 2. The molecule has 5 saturated heterocycles. The molecule has 74 heavy (non-hydrogen) atoms. The Morgan fingerprint density at radius 1 is 0.986 bits per heavy atom. The number of aryl methyl sites for hydroxylation is 2. The van der Waals surface area contributed by atoms with Gasteiger partial charge in [-0.1, -0.05) is 54.5 Å². The minimum Gasteiger partial charge on any atom is -0.508 e. The number of piperazine rings is 1. The van der Waals surface area contributed by atoms with Gasteiger partial charge in [0.25, 0.3) is 0 Å². The minimum absolute atomic E-state index is 0.0428. The number of pyridine rings is 1. The smallest absolute Gasteiger partial charge is 0.319 e. The van der Waals surface area contributed by atoms with E-state index in [1.165, 1.54) is 0 Å². The number of nitrogens with zero attached hydrogens (tertiary/aromatic N) is 10. The van der Waals surface area contributed by atoms with Crippen LogP contribution in [0.2, 0.25) is 0 Å². The van der Waals surface area contributed by atoms with E-state index in [2.05, 4.69) is 42.5 Å². The SMILES string of the molecule is CCc1cccc2cc(O)cc(-c3ncc4c(N5CC6CCC(C5)N6)nc(OCCN5CCC6(CC5)CN(c5cc(CC(=O)N7CCCC7C(=O)NC(C)c7ccc(-c8ccnn8C)cc7)on5)C6)nc4c3F)c12. The molecule has 0 aliphatic carbocycles. The summed E-state index contributed by atoms with van der Waals surface area (Å²) < 4.78 is 31.0. The molecule has 18 heteroatoms. The molecule has 5 aliphatic rings. The Morgan fingerprint density at radius 2 is 1.78 bits per heavy atom. The third-order valence-corrected chi connectivity index (χ3v) is 16.4. The van der Waals surface area contributed by atoms with Crippen LogP contribution in [-0.2, 0) is 29.5 Å². The quantitative estimate of drug-likeness (QED) is 0.102. The van der Waals surface area contributed by atoms with Crippen molar-refractivity contribution in [2.45, 2.75) is 89.4 Å². The molecule has 4 unspecified atom stereocenters. The van der Waals surface area contributed by atoms with E-state index < -0.39 is 11.9 Å². The van der Waals surface area contributed by atoms with Crippen molar-refractivity contribution in [1.82, 2.24) is 50.3 Å². The van der Waals surface area contributed by atoms with Crippen molar-refractivity contribution in [3.05, 3.63) is 102 Å². The summed E-state index contributed by atoms with van der Waals surface area (Å²) in [4.78, 5) is 50.1. The highest BCUT2D eigenvalue weighted by Crippen LogP contribution is 2.43. The molecular formula is C56H63FN12O5. The summed E-state index contributed by atoms with van der Waals surface area (Å²) in [7, 11) is 1.91. The van der Waals surface area contributed by atoms with E-state index in [9.17, 15) is 14.7 Å². The van der Waals surface area contributed by atoms with Gasteiger partial charge in [0.05, 0.1) is 23.5 Å². The van der Waals surface area contributed by atoms with Crippen LogP contribution in [0.15, 0.2) is 83.6 Å². The molecule has 3 N–H and O–H groups in total. The second-order valence-electron chi connectivity index (χ2n) is 21.2. The number of carbonyl (C=O) groups is 2. The maximum absolute atomic E-state index is 17.1. The summed E-state index contributed by atoms with van der Waals surface area (Å²) in [6.45, 7) is 10.6. The van der Waals surface area contributed by atoms with Crippen LogP contribution < -0.4 is 25.2 Å². The zero-order valence-corrected chi connectivity index (χ0v) is 42.3. The molecule has 2 amide bonds. The van der Waals surface area contributed by atoms with Crippen molar-refractivity contribution >= 4 is 45.1 Å². The molecule has 4 atom stereocenters. The molecule has 2 bridgehead atoms. The molecule has 7 aromatic rings. The van der Waals surface area contributed by atoms with E-state index in [-0.39, 0.29) is 52.7 Å². The largest absolute Gasteiger partial charge is 0.508 e. The van der Waals surface area contributed by atoms with Gasteiger partial charge in [-0.05, 0) is 111 Å². The molecule has 3 aromatic carbocycles. The Hall–Kier alpha value is -7.18. The number of carbonyl (C=O) groups excluding carboxylic acids is 2. The molecule has 0 radical (unpaired) electrons. The Balaban J connectivity index is 0.650. The summed E-state index contributed by atoms with van der Waals surface area (Å²) >= 11 is 0. The third-order valence-electron chi connectivity index (χ3n) is 16.4. The number of benzene rings is 3. The first-order chi connectivity index (χ1) is 36.0. The number of rotatable bonds is 14. The van der Waals surface area contributed by atoms with E-state index in [4.69, 9.17) is 24.2 Å². The van der Waals surface area contributed by atoms with Crippen LogP contribution in [0.5, 0.6) is 11.8 Å². The fourth-order valence-electron chi connectivity index (χ4n) is 12.3. The van der Waals surface area contributed by atoms with E-state index in [1.54, 1.807) is 29.4 Å². The molecule has 4 aromatic heterocycles. The number of phenols is 1. The highest BCUT2D eigenvalue weighted by atomic mass is 19.1.